The number of anilines is 2. The first kappa shape index (κ1) is 14.3. The first-order valence-electron chi connectivity index (χ1n) is 6.10. The summed E-state index contributed by atoms with van der Waals surface area (Å²) in [6.07, 6.45) is 1.53. The lowest BCUT2D eigenvalue weighted by Gasteiger charge is -2.10. The molecule has 0 saturated carbocycles. The van der Waals surface area contributed by atoms with Gasteiger partial charge in [-0.3, -0.25) is 0 Å². The van der Waals surface area contributed by atoms with Crippen LogP contribution >= 0.6 is 0 Å². The van der Waals surface area contributed by atoms with Crippen LogP contribution < -0.4 is 10.0 Å². The fourth-order valence-electron chi connectivity index (χ4n) is 1.60. The lowest BCUT2D eigenvalue weighted by molar-refractivity contribution is 0.430. The number of aryl methyl sites for hydroxylation is 1. The maximum absolute atomic E-state index is 12.4. The Bertz CT molecular complexity index is 709. The van der Waals surface area contributed by atoms with Gasteiger partial charge in [0.15, 0.2) is 0 Å². The minimum absolute atomic E-state index is 0.0651. The average Bonchev–Trinajstić information content (AvgIpc) is 2.71. The predicted molar refractivity (Wildman–Crippen MR) is 75.2 cm³/mol. The highest BCUT2D eigenvalue weighted by Crippen LogP contribution is 2.24. The largest absolute Gasteiger partial charge is 0.369 e. The van der Waals surface area contributed by atoms with Gasteiger partial charge in [-0.2, -0.15) is 0 Å². The number of pyridine rings is 1. The lowest BCUT2D eigenvalue weighted by atomic mass is 10.3. The van der Waals surface area contributed by atoms with Gasteiger partial charge in [-0.15, -0.1) is 0 Å². The van der Waals surface area contributed by atoms with Crippen LogP contribution in [0.15, 0.2) is 27.7 Å². The minimum atomic E-state index is -3.78. The second-order valence-corrected chi connectivity index (χ2v) is 5.86. The van der Waals surface area contributed by atoms with Crippen molar-refractivity contribution in [1.29, 1.82) is 0 Å². The molecule has 8 heteroatoms. The third-order valence-electron chi connectivity index (χ3n) is 2.79. The van der Waals surface area contributed by atoms with E-state index in [1.165, 1.54) is 12.3 Å². The highest BCUT2D eigenvalue weighted by Gasteiger charge is 2.22. The summed E-state index contributed by atoms with van der Waals surface area (Å²) in [6.45, 7) is 5.91. The second kappa shape index (κ2) is 5.49. The van der Waals surface area contributed by atoms with E-state index in [1.54, 1.807) is 19.9 Å². The smallest absolute Gasteiger partial charge is 0.267 e. The zero-order chi connectivity index (χ0) is 14.8. The first-order chi connectivity index (χ1) is 9.45. The van der Waals surface area contributed by atoms with Crippen molar-refractivity contribution in [2.24, 2.45) is 0 Å². The van der Waals surface area contributed by atoms with Crippen LogP contribution in [0.3, 0.4) is 0 Å². The van der Waals surface area contributed by atoms with Gasteiger partial charge in [0.2, 0.25) is 5.88 Å². The van der Waals surface area contributed by atoms with E-state index in [0.29, 0.717) is 23.6 Å². The van der Waals surface area contributed by atoms with E-state index in [2.05, 4.69) is 20.2 Å². The third kappa shape index (κ3) is 2.74. The van der Waals surface area contributed by atoms with Crippen LogP contribution in [-0.4, -0.2) is 25.1 Å². The molecule has 2 rings (SSSR count). The van der Waals surface area contributed by atoms with E-state index in [0.717, 1.165) is 0 Å². The highest BCUT2D eigenvalue weighted by atomic mass is 32.2. The highest BCUT2D eigenvalue weighted by molar-refractivity contribution is 7.92. The Morgan fingerprint density at radius 1 is 1.35 bits per heavy atom. The van der Waals surface area contributed by atoms with Crippen LogP contribution in [0.2, 0.25) is 0 Å². The lowest BCUT2D eigenvalue weighted by Crippen LogP contribution is -2.16. The molecule has 0 unspecified atom stereocenters. The van der Waals surface area contributed by atoms with Crippen LogP contribution in [-0.2, 0) is 10.0 Å². The van der Waals surface area contributed by atoms with E-state index in [9.17, 15) is 8.42 Å². The summed E-state index contributed by atoms with van der Waals surface area (Å²) in [5.74, 6) is 0.421. The zero-order valence-electron chi connectivity index (χ0n) is 11.5. The van der Waals surface area contributed by atoms with Crippen LogP contribution in [0.1, 0.15) is 18.2 Å². The maximum atomic E-state index is 12.4. The van der Waals surface area contributed by atoms with Gasteiger partial charge < -0.3 is 9.84 Å². The molecule has 2 aromatic rings. The summed E-state index contributed by atoms with van der Waals surface area (Å²) in [6, 6.07) is 3.04. The Balaban J connectivity index is 2.38. The number of sulfonamides is 1. The van der Waals surface area contributed by atoms with Crippen molar-refractivity contribution in [1.82, 2.24) is 10.1 Å². The summed E-state index contributed by atoms with van der Waals surface area (Å²) in [5, 5.41) is 6.63. The SMILES string of the molecule is CCNc1ncccc1S(=O)(=O)Nc1onc(C)c1C. The molecule has 0 aliphatic rings. The van der Waals surface area contributed by atoms with E-state index in [4.69, 9.17) is 4.52 Å². The standard InChI is InChI=1S/C12H16N4O3S/c1-4-13-11-10(6-5-7-14-11)20(17,18)16-12-8(2)9(3)15-19-12/h5-7,16H,4H2,1-3H3,(H,13,14). The monoisotopic (exact) mass is 296 g/mol. The van der Waals surface area contributed by atoms with E-state index >= 15 is 0 Å². The summed E-state index contributed by atoms with van der Waals surface area (Å²) in [5.41, 5.74) is 1.29. The molecule has 0 amide bonds. The molecule has 0 aromatic carbocycles. The van der Waals surface area contributed by atoms with Gasteiger partial charge in [0.1, 0.15) is 10.7 Å². The molecule has 7 nitrogen and oxygen atoms in total. The summed E-state index contributed by atoms with van der Waals surface area (Å²) in [4.78, 5) is 4.09. The Kier molecular flexibility index (Phi) is 3.93. The number of rotatable bonds is 5. The molecule has 0 bridgehead atoms. The van der Waals surface area contributed by atoms with E-state index in [-0.39, 0.29) is 10.8 Å². The maximum Gasteiger partial charge on any atom is 0.267 e. The number of hydrogen-bond donors (Lipinski definition) is 2. The molecule has 0 saturated heterocycles. The fraction of sp³-hybridized carbons (Fsp3) is 0.333. The van der Waals surface area contributed by atoms with Gasteiger partial charge in [0.05, 0.1) is 5.69 Å². The Labute approximate surface area is 117 Å². The first-order valence-corrected chi connectivity index (χ1v) is 7.58. The third-order valence-corrected chi connectivity index (χ3v) is 4.15. The fourth-order valence-corrected chi connectivity index (χ4v) is 2.78. The molecule has 0 fully saturated rings. The summed E-state index contributed by atoms with van der Waals surface area (Å²) >= 11 is 0. The number of hydrogen-bond acceptors (Lipinski definition) is 6. The van der Waals surface area contributed by atoms with Gasteiger partial charge in [-0.25, -0.2) is 18.1 Å². The van der Waals surface area contributed by atoms with Crippen molar-refractivity contribution < 1.29 is 12.9 Å². The van der Waals surface area contributed by atoms with Gasteiger partial charge in [0.25, 0.3) is 10.0 Å². The van der Waals surface area contributed by atoms with Crippen molar-refractivity contribution in [3.63, 3.8) is 0 Å². The average molecular weight is 296 g/mol. The Morgan fingerprint density at radius 3 is 2.70 bits per heavy atom. The number of aromatic nitrogens is 2. The number of nitrogens with zero attached hydrogens (tertiary/aromatic N) is 2. The molecular formula is C12H16N4O3S. The molecule has 108 valence electrons. The molecule has 0 radical (unpaired) electrons. The van der Waals surface area contributed by atoms with E-state index < -0.39 is 10.0 Å². The van der Waals surface area contributed by atoms with Gasteiger partial charge >= 0.3 is 0 Å². The Hall–Kier alpha value is -2.09. The van der Waals surface area contributed by atoms with Crippen LogP contribution in [0, 0.1) is 13.8 Å². The van der Waals surface area contributed by atoms with Crippen molar-refractivity contribution >= 4 is 21.7 Å². The molecule has 0 aliphatic heterocycles. The minimum Gasteiger partial charge on any atom is -0.369 e. The summed E-state index contributed by atoms with van der Waals surface area (Å²) < 4.78 is 32.1. The van der Waals surface area contributed by atoms with Crippen LogP contribution in [0.25, 0.3) is 0 Å². The molecule has 0 aliphatic carbocycles. The molecule has 0 atom stereocenters. The van der Waals surface area contributed by atoms with Gasteiger partial charge in [-0.1, -0.05) is 5.16 Å². The molecule has 2 N–H and O–H groups in total. The predicted octanol–water partition coefficient (Wildman–Crippen LogP) is 1.92. The molecule has 2 heterocycles. The zero-order valence-corrected chi connectivity index (χ0v) is 12.3. The summed E-state index contributed by atoms with van der Waals surface area (Å²) in [7, 11) is -3.78. The van der Waals surface area contributed by atoms with Crippen LogP contribution in [0.5, 0.6) is 0 Å². The molecule has 2 aromatic heterocycles. The quantitative estimate of drug-likeness (QED) is 0.875. The van der Waals surface area contributed by atoms with Crippen molar-refractivity contribution in [2.45, 2.75) is 25.7 Å². The topological polar surface area (TPSA) is 97.1 Å². The van der Waals surface area contributed by atoms with Crippen molar-refractivity contribution in [3.8, 4) is 0 Å². The number of nitrogens with one attached hydrogen (secondary N) is 2. The normalized spacial score (nSPS) is 11.3. The second-order valence-electron chi connectivity index (χ2n) is 4.21. The van der Waals surface area contributed by atoms with Crippen molar-refractivity contribution in [3.05, 3.63) is 29.6 Å². The van der Waals surface area contributed by atoms with Gasteiger partial charge in [0, 0.05) is 18.3 Å². The van der Waals surface area contributed by atoms with Gasteiger partial charge in [-0.05, 0) is 32.9 Å². The Morgan fingerprint density at radius 2 is 2.10 bits per heavy atom. The van der Waals surface area contributed by atoms with Crippen molar-refractivity contribution in [2.75, 3.05) is 16.6 Å². The molecule has 0 spiro atoms. The van der Waals surface area contributed by atoms with Crippen LogP contribution in [0.4, 0.5) is 11.7 Å². The molecular weight excluding hydrogens is 280 g/mol. The van der Waals surface area contributed by atoms with E-state index in [1.807, 2.05) is 6.92 Å². The molecule has 20 heavy (non-hydrogen) atoms.